The molecule has 4 aromatic rings. The first-order valence-electron chi connectivity index (χ1n) is 11.4. The zero-order valence-corrected chi connectivity index (χ0v) is 20.0. The van der Waals surface area contributed by atoms with Gasteiger partial charge in [-0.3, -0.25) is 0 Å². The molecular weight excluding hydrogens is 464 g/mol. The number of hydrogen-bond donors (Lipinski definition) is 2. The van der Waals surface area contributed by atoms with Crippen LogP contribution >= 0.6 is 11.6 Å². The predicted molar refractivity (Wildman–Crippen MR) is 137 cm³/mol. The molecule has 8 heteroatoms. The van der Waals surface area contributed by atoms with Crippen molar-refractivity contribution in [1.82, 2.24) is 9.55 Å². The molecule has 0 spiro atoms. The van der Waals surface area contributed by atoms with Crippen LogP contribution in [0.4, 0.5) is 5.95 Å². The van der Waals surface area contributed by atoms with Crippen molar-refractivity contribution in [3.8, 4) is 11.8 Å². The largest absolute Gasteiger partial charge is 0.491 e. The molecule has 180 valence electrons. The van der Waals surface area contributed by atoms with Gasteiger partial charge in [0, 0.05) is 18.1 Å². The van der Waals surface area contributed by atoms with Gasteiger partial charge in [-0.05, 0) is 41.5 Å². The van der Waals surface area contributed by atoms with Gasteiger partial charge >= 0.3 is 0 Å². The highest BCUT2D eigenvalue weighted by Crippen LogP contribution is 2.23. The lowest BCUT2D eigenvalue weighted by atomic mass is 10.2. The Morgan fingerprint density at radius 2 is 1.86 bits per heavy atom. The number of anilines is 1. The van der Waals surface area contributed by atoms with Crippen LogP contribution in [0.2, 0.25) is 5.02 Å². The van der Waals surface area contributed by atoms with E-state index in [2.05, 4.69) is 16.4 Å². The summed E-state index contributed by atoms with van der Waals surface area (Å²) in [6, 6.07) is 25.0. The van der Waals surface area contributed by atoms with E-state index in [1.165, 1.54) is 0 Å². The fourth-order valence-corrected chi connectivity index (χ4v) is 3.80. The molecule has 0 radical (unpaired) electrons. The quantitative estimate of drug-likeness (QED) is 0.276. The van der Waals surface area contributed by atoms with E-state index in [4.69, 9.17) is 26.3 Å². The first-order valence-corrected chi connectivity index (χ1v) is 11.8. The molecule has 35 heavy (non-hydrogen) atoms. The standard InChI is InChI=1S/C27H27ClN4O3/c28-22-8-11-25-26(16-22)32(14-15-34-18-21-4-2-1-3-5-21)27(31-25)30-17-23(33)19-35-24-9-6-20(7-10-24)12-13-29/h1-11,16,23,33H,12,14-15,17-19H2,(H,30,31). The second kappa shape index (κ2) is 12.2. The highest BCUT2D eigenvalue weighted by atomic mass is 35.5. The molecule has 0 fully saturated rings. The first kappa shape index (κ1) is 24.6. The lowest BCUT2D eigenvalue weighted by Gasteiger charge is -2.15. The minimum atomic E-state index is -0.750. The number of aliphatic hydroxyl groups excluding tert-OH is 1. The van der Waals surface area contributed by atoms with Gasteiger partial charge in [0.25, 0.3) is 0 Å². The number of aliphatic hydroxyl groups is 1. The molecule has 0 aliphatic rings. The Balaban J connectivity index is 1.34. The number of hydrogen-bond acceptors (Lipinski definition) is 6. The molecule has 0 saturated carbocycles. The summed E-state index contributed by atoms with van der Waals surface area (Å²) >= 11 is 6.23. The molecule has 1 atom stereocenters. The number of halogens is 1. The van der Waals surface area contributed by atoms with Gasteiger partial charge in [0.1, 0.15) is 18.5 Å². The topological polar surface area (TPSA) is 92.3 Å². The predicted octanol–water partition coefficient (Wildman–Crippen LogP) is 4.82. The summed E-state index contributed by atoms with van der Waals surface area (Å²) < 4.78 is 13.6. The van der Waals surface area contributed by atoms with Crippen molar-refractivity contribution in [3.05, 3.63) is 88.9 Å². The van der Waals surface area contributed by atoms with Gasteiger partial charge in [-0.25, -0.2) is 4.98 Å². The van der Waals surface area contributed by atoms with Gasteiger partial charge in [0.15, 0.2) is 0 Å². The van der Waals surface area contributed by atoms with E-state index in [0.717, 1.165) is 22.2 Å². The highest BCUT2D eigenvalue weighted by Gasteiger charge is 2.13. The van der Waals surface area contributed by atoms with Gasteiger partial charge in [-0.2, -0.15) is 5.26 Å². The van der Waals surface area contributed by atoms with Crippen LogP contribution in [0.5, 0.6) is 5.75 Å². The fourth-order valence-electron chi connectivity index (χ4n) is 3.63. The Hall–Kier alpha value is -3.57. The van der Waals surface area contributed by atoms with E-state index in [1.807, 2.05) is 65.2 Å². The molecule has 1 aromatic heterocycles. The average molecular weight is 491 g/mol. The van der Waals surface area contributed by atoms with Crippen molar-refractivity contribution in [2.75, 3.05) is 25.1 Å². The third kappa shape index (κ3) is 6.96. The summed E-state index contributed by atoms with van der Waals surface area (Å²) in [5.74, 6) is 1.27. The molecule has 7 nitrogen and oxygen atoms in total. The van der Waals surface area contributed by atoms with Gasteiger partial charge in [-0.15, -0.1) is 0 Å². The van der Waals surface area contributed by atoms with Gasteiger partial charge in [-0.1, -0.05) is 54.1 Å². The highest BCUT2D eigenvalue weighted by molar-refractivity contribution is 6.31. The third-order valence-electron chi connectivity index (χ3n) is 5.43. The van der Waals surface area contributed by atoms with Gasteiger partial charge < -0.3 is 24.5 Å². The Labute approximate surface area is 209 Å². The molecule has 0 amide bonds. The summed E-state index contributed by atoms with van der Waals surface area (Å²) in [5.41, 5.74) is 3.75. The monoisotopic (exact) mass is 490 g/mol. The fraction of sp³-hybridized carbons (Fsp3) is 0.259. The Kier molecular flexibility index (Phi) is 8.58. The van der Waals surface area contributed by atoms with Crippen LogP contribution in [-0.2, 0) is 24.3 Å². The zero-order chi connectivity index (χ0) is 24.5. The second-order valence-electron chi connectivity index (χ2n) is 8.08. The second-order valence-corrected chi connectivity index (χ2v) is 8.52. The number of imidazole rings is 1. The van der Waals surface area contributed by atoms with Crippen molar-refractivity contribution in [2.45, 2.75) is 25.7 Å². The van der Waals surface area contributed by atoms with Crippen LogP contribution in [-0.4, -0.2) is 40.5 Å². The minimum Gasteiger partial charge on any atom is -0.491 e. The van der Waals surface area contributed by atoms with Crippen LogP contribution in [0, 0.1) is 11.3 Å². The number of aromatic nitrogens is 2. The van der Waals surface area contributed by atoms with Crippen molar-refractivity contribution in [2.24, 2.45) is 0 Å². The Morgan fingerprint density at radius 3 is 2.63 bits per heavy atom. The minimum absolute atomic E-state index is 0.122. The molecule has 0 aliphatic carbocycles. The molecule has 4 rings (SSSR count). The van der Waals surface area contributed by atoms with E-state index in [-0.39, 0.29) is 13.2 Å². The summed E-state index contributed by atoms with van der Waals surface area (Å²) in [7, 11) is 0. The van der Waals surface area contributed by atoms with Crippen LogP contribution in [0.3, 0.4) is 0 Å². The molecule has 0 bridgehead atoms. The molecular formula is C27H27ClN4O3. The lowest BCUT2D eigenvalue weighted by molar-refractivity contribution is 0.113. The number of nitrogens with zero attached hydrogens (tertiary/aromatic N) is 3. The number of nitrogens with one attached hydrogen (secondary N) is 1. The molecule has 0 saturated heterocycles. The summed E-state index contributed by atoms with van der Waals surface area (Å²) in [6.45, 7) is 1.98. The van der Waals surface area contributed by atoms with Crippen molar-refractivity contribution in [1.29, 1.82) is 5.26 Å². The molecule has 2 N–H and O–H groups in total. The van der Waals surface area contributed by atoms with Crippen LogP contribution in [0.1, 0.15) is 11.1 Å². The first-order chi connectivity index (χ1) is 17.1. The molecule has 1 heterocycles. The maximum absolute atomic E-state index is 10.4. The maximum Gasteiger partial charge on any atom is 0.204 e. The van der Waals surface area contributed by atoms with Crippen molar-refractivity contribution in [3.63, 3.8) is 0 Å². The average Bonchev–Trinajstić information content (AvgIpc) is 3.22. The van der Waals surface area contributed by atoms with Gasteiger partial charge in [0.2, 0.25) is 5.95 Å². The van der Waals surface area contributed by atoms with E-state index < -0.39 is 6.10 Å². The number of nitriles is 1. The van der Waals surface area contributed by atoms with Crippen LogP contribution < -0.4 is 10.1 Å². The number of rotatable bonds is 12. The molecule has 1 unspecified atom stereocenters. The van der Waals surface area contributed by atoms with Crippen molar-refractivity contribution >= 4 is 28.6 Å². The normalized spacial score (nSPS) is 11.8. The SMILES string of the molecule is N#CCc1ccc(OCC(O)CNc2nc3ccc(Cl)cc3n2CCOCc2ccccc2)cc1. The lowest BCUT2D eigenvalue weighted by Crippen LogP contribution is -2.27. The maximum atomic E-state index is 10.4. The number of fused-ring (bicyclic) bond motifs is 1. The van der Waals surface area contributed by atoms with Crippen molar-refractivity contribution < 1.29 is 14.6 Å². The zero-order valence-electron chi connectivity index (χ0n) is 19.2. The van der Waals surface area contributed by atoms with E-state index >= 15 is 0 Å². The van der Waals surface area contributed by atoms with E-state index in [0.29, 0.717) is 42.9 Å². The van der Waals surface area contributed by atoms with E-state index in [9.17, 15) is 5.11 Å². The van der Waals surface area contributed by atoms with E-state index in [1.54, 1.807) is 12.1 Å². The molecule has 0 aliphatic heterocycles. The summed E-state index contributed by atoms with van der Waals surface area (Å²) in [5, 5.41) is 23.1. The van der Waals surface area contributed by atoms with Crippen LogP contribution in [0.15, 0.2) is 72.8 Å². The van der Waals surface area contributed by atoms with Crippen LogP contribution in [0.25, 0.3) is 11.0 Å². The number of benzene rings is 3. The van der Waals surface area contributed by atoms with Gasteiger partial charge in [0.05, 0.1) is 36.7 Å². The summed E-state index contributed by atoms with van der Waals surface area (Å²) in [6.07, 6.45) is -0.393. The number of ether oxygens (including phenoxy) is 2. The smallest absolute Gasteiger partial charge is 0.204 e. The summed E-state index contributed by atoms with van der Waals surface area (Å²) in [4.78, 5) is 4.67. The molecule has 3 aromatic carbocycles. The Bertz CT molecular complexity index is 1270. The Morgan fingerprint density at radius 1 is 1.06 bits per heavy atom. The third-order valence-corrected chi connectivity index (χ3v) is 5.66.